The number of nitrogens with zero attached hydrogens (tertiary/aromatic N) is 3. The number of aromatic amines is 1. The van der Waals surface area contributed by atoms with Crippen LogP contribution in [0.3, 0.4) is 0 Å². The van der Waals surface area contributed by atoms with Crippen LogP contribution in [-0.2, 0) is 27.8 Å². The summed E-state index contributed by atoms with van der Waals surface area (Å²) < 4.78 is 12.3. The Morgan fingerprint density at radius 2 is 1.84 bits per heavy atom. The van der Waals surface area contributed by atoms with Crippen LogP contribution in [-0.4, -0.2) is 59.9 Å². The number of nitrogens with one attached hydrogen (secondary N) is 1. The molecule has 1 saturated heterocycles. The number of carbonyl (C=O) groups excluding carboxylic acids is 2. The summed E-state index contributed by atoms with van der Waals surface area (Å²) in [7, 11) is 3.11. The zero-order valence-corrected chi connectivity index (χ0v) is 18.9. The van der Waals surface area contributed by atoms with E-state index < -0.39 is 11.8 Å². The Morgan fingerprint density at radius 1 is 1.12 bits per heavy atom. The van der Waals surface area contributed by atoms with Crippen molar-refractivity contribution in [3.63, 3.8) is 0 Å². The van der Waals surface area contributed by atoms with Crippen LogP contribution in [0.1, 0.15) is 30.2 Å². The Labute approximate surface area is 186 Å². The van der Waals surface area contributed by atoms with Crippen molar-refractivity contribution in [3.05, 3.63) is 51.1 Å². The van der Waals surface area contributed by atoms with Crippen molar-refractivity contribution in [1.82, 2.24) is 14.7 Å². The first-order chi connectivity index (χ1) is 15.4. The van der Waals surface area contributed by atoms with Gasteiger partial charge in [0.1, 0.15) is 11.4 Å². The number of ether oxygens (including phenoxy) is 2. The first-order valence-corrected chi connectivity index (χ1v) is 10.8. The number of amides is 2. The summed E-state index contributed by atoms with van der Waals surface area (Å²) in [6.07, 6.45) is 1.37. The third-order valence-electron chi connectivity index (χ3n) is 5.83. The number of anilines is 1. The lowest BCUT2D eigenvalue weighted by Crippen LogP contribution is -2.40. The molecule has 0 radical (unpaired) electrons. The van der Waals surface area contributed by atoms with Crippen LogP contribution in [0.4, 0.5) is 5.69 Å². The molecule has 0 atom stereocenters. The maximum atomic E-state index is 13.8. The highest BCUT2D eigenvalue weighted by atomic mass is 16.5. The number of carbonyl (C=O) groups is 2. The van der Waals surface area contributed by atoms with Gasteiger partial charge in [-0.25, -0.2) is 4.90 Å². The van der Waals surface area contributed by atoms with E-state index >= 15 is 0 Å². The van der Waals surface area contributed by atoms with Crippen molar-refractivity contribution in [1.29, 1.82) is 0 Å². The van der Waals surface area contributed by atoms with Crippen molar-refractivity contribution in [2.24, 2.45) is 7.05 Å². The quantitative estimate of drug-likeness (QED) is 0.686. The Balaban J connectivity index is 1.94. The maximum Gasteiger partial charge on any atom is 0.282 e. The molecule has 2 aliphatic rings. The van der Waals surface area contributed by atoms with E-state index in [2.05, 4.69) is 5.10 Å². The third-order valence-corrected chi connectivity index (χ3v) is 5.83. The van der Waals surface area contributed by atoms with Crippen molar-refractivity contribution < 1.29 is 19.1 Å². The standard InChI is InChI=1S/C23H28N4O5/c1-5-6-15-18(21(28)25(3)24-15)19-20(26-9-11-32-12-10-26)23(30)27(22(19)29)16-13-14(2)7-8-17(16)31-4/h7-8,13,24H,5-6,9-12H2,1-4H3. The summed E-state index contributed by atoms with van der Waals surface area (Å²) in [6, 6.07) is 5.33. The molecule has 9 heteroatoms. The number of imide groups is 1. The average Bonchev–Trinajstić information content (AvgIpc) is 3.20. The SMILES string of the molecule is CCCc1[nH]n(C)c(=O)c1C1=C(N2CCOCC2)C(=O)N(c2cc(C)ccc2OC)C1=O. The zero-order chi connectivity index (χ0) is 23.0. The van der Waals surface area contributed by atoms with Crippen LogP contribution in [0, 0.1) is 6.92 Å². The van der Waals surface area contributed by atoms with Crippen LogP contribution >= 0.6 is 0 Å². The molecular weight excluding hydrogens is 412 g/mol. The summed E-state index contributed by atoms with van der Waals surface area (Å²) in [6.45, 7) is 5.69. The van der Waals surface area contributed by atoms with Gasteiger partial charge in [-0.3, -0.25) is 24.2 Å². The lowest BCUT2D eigenvalue weighted by Gasteiger charge is -2.29. The molecule has 0 saturated carbocycles. The minimum atomic E-state index is -0.519. The van der Waals surface area contributed by atoms with Gasteiger partial charge in [0, 0.05) is 25.8 Å². The monoisotopic (exact) mass is 440 g/mol. The molecule has 1 fully saturated rings. The summed E-state index contributed by atoms with van der Waals surface area (Å²) in [5.74, 6) is -0.563. The van der Waals surface area contributed by atoms with E-state index in [1.165, 1.54) is 11.8 Å². The van der Waals surface area contributed by atoms with E-state index in [1.54, 1.807) is 19.2 Å². The van der Waals surface area contributed by atoms with Gasteiger partial charge in [0.15, 0.2) is 0 Å². The number of benzene rings is 1. The number of rotatable bonds is 6. The average molecular weight is 441 g/mol. The Morgan fingerprint density at radius 3 is 2.50 bits per heavy atom. The van der Waals surface area contributed by atoms with Crippen molar-refractivity contribution >= 4 is 23.1 Å². The fraction of sp³-hybridized carbons (Fsp3) is 0.435. The van der Waals surface area contributed by atoms with Gasteiger partial charge in [0.05, 0.1) is 37.1 Å². The van der Waals surface area contributed by atoms with Crippen LogP contribution in [0.2, 0.25) is 0 Å². The normalized spacial score (nSPS) is 17.0. The highest BCUT2D eigenvalue weighted by molar-refractivity contribution is 6.45. The molecule has 1 N–H and O–H groups in total. The number of aryl methyl sites for hydroxylation is 3. The zero-order valence-electron chi connectivity index (χ0n) is 18.9. The molecule has 9 nitrogen and oxygen atoms in total. The molecule has 2 amide bonds. The van der Waals surface area contributed by atoms with Crippen LogP contribution in [0.25, 0.3) is 5.57 Å². The second kappa shape index (κ2) is 8.66. The number of H-pyrrole nitrogens is 1. The van der Waals surface area contributed by atoms with E-state index in [0.29, 0.717) is 49.9 Å². The van der Waals surface area contributed by atoms with Gasteiger partial charge in [-0.1, -0.05) is 19.4 Å². The first kappa shape index (κ1) is 21.9. The highest BCUT2D eigenvalue weighted by Gasteiger charge is 2.45. The van der Waals surface area contributed by atoms with Gasteiger partial charge >= 0.3 is 0 Å². The topological polar surface area (TPSA) is 96.9 Å². The largest absolute Gasteiger partial charge is 0.495 e. The van der Waals surface area contributed by atoms with Gasteiger partial charge in [0.2, 0.25) is 0 Å². The summed E-state index contributed by atoms with van der Waals surface area (Å²) in [4.78, 5) is 43.7. The minimum Gasteiger partial charge on any atom is -0.495 e. The lowest BCUT2D eigenvalue weighted by atomic mass is 10.0. The fourth-order valence-corrected chi connectivity index (χ4v) is 4.31. The molecule has 1 aromatic heterocycles. The van der Waals surface area contributed by atoms with Crippen molar-refractivity contribution in [2.75, 3.05) is 38.3 Å². The van der Waals surface area contributed by atoms with Crippen LogP contribution in [0.15, 0.2) is 28.7 Å². The summed E-state index contributed by atoms with van der Waals surface area (Å²) >= 11 is 0. The summed E-state index contributed by atoms with van der Waals surface area (Å²) in [5, 5.41) is 3.06. The molecule has 0 bridgehead atoms. The van der Waals surface area contributed by atoms with E-state index in [9.17, 15) is 14.4 Å². The molecule has 0 spiro atoms. The molecular formula is C23H28N4O5. The summed E-state index contributed by atoms with van der Waals surface area (Å²) in [5.41, 5.74) is 2.23. The van der Waals surface area contributed by atoms with E-state index in [1.807, 2.05) is 24.8 Å². The highest BCUT2D eigenvalue weighted by Crippen LogP contribution is 2.39. The van der Waals surface area contributed by atoms with E-state index in [4.69, 9.17) is 9.47 Å². The molecule has 1 aromatic carbocycles. The second-order valence-corrected chi connectivity index (χ2v) is 8.02. The number of aromatic nitrogens is 2. The molecule has 32 heavy (non-hydrogen) atoms. The van der Waals surface area contributed by atoms with Crippen LogP contribution in [0.5, 0.6) is 5.75 Å². The Kier molecular flexibility index (Phi) is 5.92. The van der Waals surface area contributed by atoms with E-state index in [-0.39, 0.29) is 22.4 Å². The molecule has 2 aromatic rings. The molecule has 3 heterocycles. The Bertz CT molecular complexity index is 1150. The molecule has 0 unspecified atom stereocenters. The first-order valence-electron chi connectivity index (χ1n) is 10.8. The predicted molar refractivity (Wildman–Crippen MR) is 120 cm³/mol. The lowest BCUT2D eigenvalue weighted by molar-refractivity contribution is -0.121. The molecule has 0 aliphatic carbocycles. The van der Waals surface area contributed by atoms with E-state index in [0.717, 1.165) is 16.9 Å². The van der Waals surface area contributed by atoms with Crippen molar-refractivity contribution in [2.45, 2.75) is 26.7 Å². The van der Waals surface area contributed by atoms with Crippen LogP contribution < -0.4 is 15.2 Å². The molecule has 4 rings (SSSR count). The third kappa shape index (κ3) is 3.52. The number of hydrogen-bond donors (Lipinski definition) is 1. The van der Waals surface area contributed by atoms with Gasteiger partial charge in [0.25, 0.3) is 17.4 Å². The minimum absolute atomic E-state index is 0.144. The van der Waals surface area contributed by atoms with Gasteiger partial charge in [-0.05, 0) is 31.0 Å². The number of methoxy groups -OCH3 is 1. The van der Waals surface area contributed by atoms with Gasteiger partial charge in [-0.15, -0.1) is 0 Å². The second-order valence-electron chi connectivity index (χ2n) is 8.02. The molecule has 170 valence electrons. The number of hydrogen-bond acceptors (Lipinski definition) is 6. The molecule has 2 aliphatic heterocycles. The van der Waals surface area contributed by atoms with Gasteiger partial charge in [-0.2, -0.15) is 0 Å². The van der Waals surface area contributed by atoms with Crippen molar-refractivity contribution in [3.8, 4) is 5.75 Å². The number of morpholine rings is 1. The Hall–Kier alpha value is -3.33. The smallest absolute Gasteiger partial charge is 0.282 e. The fourth-order valence-electron chi connectivity index (χ4n) is 4.31. The van der Waals surface area contributed by atoms with Gasteiger partial charge < -0.3 is 14.4 Å². The maximum absolute atomic E-state index is 13.8. The predicted octanol–water partition coefficient (Wildman–Crippen LogP) is 1.60.